The van der Waals surface area contributed by atoms with Gasteiger partial charge in [0.1, 0.15) is 5.75 Å². The second kappa shape index (κ2) is 12.8. The van der Waals surface area contributed by atoms with Gasteiger partial charge in [0.05, 0.1) is 7.11 Å². The smallest absolute Gasteiger partial charge is 0.191 e. The Labute approximate surface area is 205 Å². The molecule has 2 N–H and O–H groups in total. The minimum Gasteiger partial charge on any atom is -0.496 e. The van der Waals surface area contributed by atoms with Crippen molar-refractivity contribution in [2.75, 3.05) is 53.6 Å². The number of ether oxygens (including phenoxy) is 2. The summed E-state index contributed by atoms with van der Waals surface area (Å²) in [4.78, 5) is 7.09. The third-order valence-corrected chi connectivity index (χ3v) is 6.66. The Morgan fingerprint density at radius 3 is 2.58 bits per heavy atom. The van der Waals surface area contributed by atoms with Crippen molar-refractivity contribution in [2.45, 2.75) is 57.4 Å². The van der Waals surface area contributed by atoms with Gasteiger partial charge < -0.3 is 25.0 Å². The molecular formula is C24H41IN4O2. The van der Waals surface area contributed by atoms with E-state index in [1.165, 1.54) is 50.0 Å². The molecule has 3 rings (SSSR count). The van der Waals surface area contributed by atoms with E-state index in [9.17, 15) is 0 Å². The Morgan fingerprint density at radius 2 is 1.97 bits per heavy atom. The maximum absolute atomic E-state index is 5.74. The largest absolute Gasteiger partial charge is 0.496 e. The molecule has 0 aliphatic carbocycles. The van der Waals surface area contributed by atoms with E-state index in [4.69, 9.17) is 9.47 Å². The molecule has 2 heterocycles. The van der Waals surface area contributed by atoms with Crippen molar-refractivity contribution < 1.29 is 9.47 Å². The summed E-state index contributed by atoms with van der Waals surface area (Å²) in [5, 5.41) is 7.31. The fourth-order valence-electron chi connectivity index (χ4n) is 4.80. The van der Waals surface area contributed by atoms with Gasteiger partial charge in [-0.1, -0.05) is 24.6 Å². The Bertz CT molecular complexity index is 699. The van der Waals surface area contributed by atoms with Crippen LogP contribution in [0.15, 0.2) is 23.2 Å². The lowest BCUT2D eigenvalue weighted by Gasteiger charge is -2.39. The number of hydrogen-bond acceptors (Lipinski definition) is 4. The van der Waals surface area contributed by atoms with Crippen LogP contribution in [0, 0.1) is 6.92 Å². The van der Waals surface area contributed by atoms with Crippen LogP contribution in [0.2, 0.25) is 0 Å². The molecule has 0 aromatic heterocycles. The number of nitrogens with one attached hydrogen (secondary N) is 2. The van der Waals surface area contributed by atoms with Crippen LogP contribution in [0.3, 0.4) is 0 Å². The molecule has 0 saturated carbocycles. The summed E-state index contributed by atoms with van der Waals surface area (Å²) >= 11 is 0. The summed E-state index contributed by atoms with van der Waals surface area (Å²) in [7, 11) is 3.63. The van der Waals surface area contributed by atoms with Crippen LogP contribution in [0.25, 0.3) is 0 Å². The number of aliphatic imine (C=N–C) groups is 1. The summed E-state index contributed by atoms with van der Waals surface area (Å²) in [6.07, 6.45) is 5.53. The minimum atomic E-state index is -0.0161. The van der Waals surface area contributed by atoms with Crippen molar-refractivity contribution >= 4 is 29.9 Å². The first-order chi connectivity index (χ1) is 14.6. The number of piperidine rings is 1. The maximum Gasteiger partial charge on any atom is 0.191 e. The molecule has 0 radical (unpaired) electrons. The van der Waals surface area contributed by atoms with Crippen molar-refractivity contribution in [3.8, 4) is 5.75 Å². The van der Waals surface area contributed by atoms with Crippen LogP contribution in [-0.4, -0.2) is 70.5 Å². The summed E-state index contributed by atoms with van der Waals surface area (Å²) < 4.78 is 11.5. The number of rotatable bonds is 7. The predicted octanol–water partition coefficient (Wildman–Crippen LogP) is 3.71. The van der Waals surface area contributed by atoms with E-state index in [-0.39, 0.29) is 29.4 Å². The maximum atomic E-state index is 5.74. The molecule has 1 aromatic rings. The van der Waals surface area contributed by atoms with Gasteiger partial charge in [-0.15, -0.1) is 24.0 Å². The van der Waals surface area contributed by atoms with Gasteiger partial charge in [-0.2, -0.15) is 0 Å². The summed E-state index contributed by atoms with van der Waals surface area (Å²) in [6.45, 7) is 10.3. The number of benzene rings is 1. The van der Waals surface area contributed by atoms with Crippen LogP contribution in [0.4, 0.5) is 0 Å². The second-order valence-electron chi connectivity index (χ2n) is 8.78. The summed E-state index contributed by atoms with van der Waals surface area (Å²) in [5.41, 5.74) is 2.53. The monoisotopic (exact) mass is 544 g/mol. The highest BCUT2D eigenvalue weighted by molar-refractivity contribution is 14.0. The molecular weight excluding hydrogens is 503 g/mol. The van der Waals surface area contributed by atoms with Crippen LogP contribution in [0.1, 0.15) is 50.2 Å². The topological polar surface area (TPSA) is 58.1 Å². The van der Waals surface area contributed by atoms with Crippen LogP contribution < -0.4 is 15.4 Å². The van der Waals surface area contributed by atoms with Gasteiger partial charge in [-0.3, -0.25) is 4.99 Å². The SMILES string of the molecule is CCCN1CCC(NC(=NC)NCC2(c3cc(C)ccc3OC)CCOCC2)CC1.I. The van der Waals surface area contributed by atoms with Crippen molar-refractivity contribution in [3.63, 3.8) is 0 Å². The van der Waals surface area contributed by atoms with Gasteiger partial charge in [-0.25, -0.2) is 0 Å². The van der Waals surface area contributed by atoms with Gasteiger partial charge in [-0.05, 0) is 51.6 Å². The van der Waals surface area contributed by atoms with Gasteiger partial charge >= 0.3 is 0 Å². The predicted molar refractivity (Wildman–Crippen MR) is 139 cm³/mol. The van der Waals surface area contributed by atoms with E-state index >= 15 is 0 Å². The number of guanidine groups is 1. The lowest BCUT2D eigenvalue weighted by Crippen LogP contribution is -2.52. The fraction of sp³-hybridized carbons (Fsp3) is 0.708. The minimum absolute atomic E-state index is 0. The first-order valence-corrected chi connectivity index (χ1v) is 11.5. The molecule has 176 valence electrons. The first-order valence-electron chi connectivity index (χ1n) is 11.5. The fourth-order valence-corrected chi connectivity index (χ4v) is 4.80. The lowest BCUT2D eigenvalue weighted by atomic mass is 9.73. The number of nitrogens with zero attached hydrogens (tertiary/aromatic N) is 2. The molecule has 2 fully saturated rings. The second-order valence-corrected chi connectivity index (χ2v) is 8.78. The molecule has 6 nitrogen and oxygen atoms in total. The van der Waals surface area contributed by atoms with Crippen LogP contribution in [-0.2, 0) is 10.2 Å². The highest BCUT2D eigenvalue weighted by atomic mass is 127. The van der Waals surface area contributed by atoms with Gasteiger partial charge in [0.25, 0.3) is 0 Å². The van der Waals surface area contributed by atoms with E-state index in [2.05, 4.69) is 52.6 Å². The van der Waals surface area contributed by atoms with Crippen molar-refractivity contribution in [2.24, 2.45) is 4.99 Å². The van der Waals surface area contributed by atoms with Crippen molar-refractivity contribution in [1.82, 2.24) is 15.5 Å². The zero-order chi connectivity index (χ0) is 21.4. The number of hydrogen-bond donors (Lipinski definition) is 2. The standard InChI is InChI=1S/C24H40N4O2.HI/c1-5-12-28-13-8-20(9-14-28)27-23(25-3)26-18-24(10-15-30-16-11-24)21-17-19(2)6-7-22(21)29-4;/h6-7,17,20H,5,8-16,18H2,1-4H3,(H2,25,26,27);1H. The number of methoxy groups -OCH3 is 1. The quantitative estimate of drug-likeness (QED) is 0.312. The van der Waals surface area contributed by atoms with Crippen molar-refractivity contribution in [1.29, 1.82) is 0 Å². The average molecular weight is 545 g/mol. The van der Waals surface area contributed by atoms with Gasteiger partial charge in [0.2, 0.25) is 0 Å². The molecule has 0 unspecified atom stereocenters. The zero-order valence-corrected chi connectivity index (χ0v) is 22.0. The Kier molecular flexibility index (Phi) is 10.9. The van der Waals surface area contributed by atoms with Gasteiger partial charge in [0.15, 0.2) is 5.96 Å². The first kappa shape index (κ1) is 26.2. The van der Waals surface area contributed by atoms with E-state index in [0.29, 0.717) is 6.04 Å². The average Bonchev–Trinajstić information content (AvgIpc) is 2.78. The molecule has 2 saturated heterocycles. The summed E-state index contributed by atoms with van der Waals surface area (Å²) in [5.74, 6) is 1.87. The molecule has 0 amide bonds. The Hall–Kier alpha value is -1.06. The van der Waals surface area contributed by atoms with Crippen LogP contribution in [0.5, 0.6) is 5.75 Å². The van der Waals surface area contributed by atoms with E-state index in [1.54, 1.807) is 7.11 Å². The molecule has 7 heteroatoms. The molecule has 0 atom stereocenters. The summed E-state index contributed by atoms with van der Waals surface area (Å²) in [6, 6.07) is 6.99. The molecule has 1 aromatic carbocycles. The highest BCUT2D eigenvalue weighted by Crippen LogP contribution is 2.40. The number of halogens is 1. The molecule has 0 bridgehead atoms. The molecule has 2 aliphatic heterocycles. The zero-order valence-electron chi connectivity index (χ0n) is 19.7. The molecule has 31 heavy (non-hydrogen) atoms. The Balaban J connectivity index is 0.00000341. The lowest BCUT2D eigenvalue weighted by molar-refractivity contribution is 0.0505. The van der Waals surface area contributed by atoms with Crippen LogP contribution >= 0.6 is 24.0 Å². The van der Waals surface area contributed by atoms with Gasteiger partial charge in [0, 0.05) is 56.9 Å². The van der Waals surface area contributed by atoms with Crippen molar-refractivity contribution in [3.05, 3.63) is 29.3 Å². The number of aryl methyl sites for hydroxylation is 1. The van der Waals surface area contributed by atoms with E-state index in [1.807, 2.05) is 7.05 Å². The highest BCUT2D eigenvalue weighted by Gasteiger charge is 2.37. The van der Waals surface area contributed by atoms with E-state index in [0.717, 1.165) is 44.3 Å². The normalized spacial score (nSPS) is 20.1. The molecule has 2 aliphatic rings. The Morgan fingerprint density at radius 1 is 1.26 bits per heavy atom. The molecule has 0 spiro atoms. The third kappa shape index (κ3) is 6.96. The van der Waals surface area contributed by atoms with E-state index < -0.39 is 0 Å². The number of likely N-dealkylation sites (tertiary alicyclic amines) is 1. The third-order valence-electron chi connectivity index (χ3n) is 6.66.